The highest BCUT2D eigenvalue weighted by Crippen LogP contribution is 2.23. The zero-order chi connectivity index (χ0) is 24.4. The highest BCUT2D eigenvalue weighted by atomic mass is 16.5. The molecule has 0 spiro atoms. The molecule has 0 saturated carbocycles. The fraction of sp³-hybridized carbons (Fsp3) is 0.593. The smallest absolute Gasteiger partial charge is 0.238 e. The Morgan fingerprint density at radius 1 is 1.12 bits per heavy atom. The third-order valence-corrected chi connectivity index (χ3v) is 5.78. The zero-order valence-corrected chi connectivity index (χ0v) is 21.4. The van der Waals surface area contributed by atoms with E-state index in [0.29, 0.717) is 29.7 Å². The Morgan fingerprint density at radius 3 is 2.34 bits per heavy atom. The predicted octanol–water partition coefficient (Wildman–Crippen LogP) is 5.76. The van der Waals surface area contributed by atoms with Crippen LogP contribution >= 0.6 is 0 Å². The Morgan fingerprint density at radius 2 is 1.78 bits per heavy atom. The molecule has 32 heavy (non-hydrogen) atoms. The van der Waals surface area contributed by atoms with Crippen LogP contribution in [0.4, 0.5) is 0 Å². The molecule has 0 fully saturated rings. The van der Waals surface area contributed by atoms with Crippen molar-refractivity contribution in [2.45, 2.75) is 73.8 Å². The number of nitrogens with one attached hydrogen (secondary N) is 1. The first-order chi connectivity index (χ1) is 15.0. The molecule has 5 nitrogen and oxygen atoms in total. The van der Waals surface area contributed by atoms with Crippen molar-refractivity contribution in [2.75, 3.05) is 14.2 Å². The normalized spacial score (nSPS) is 15.8. The summed E-state index contributed by atoms with van der Waals surface area (Å²) in [5.41, 5.74) is 3.62. The van der Waals surface area contributed by atoms with E-state index >= 15 is 0 Å². The van der Waals surface area contributed by atoms with Crippen molar-refractivity contribution in [3.05, 3.63) is 56.9 Å². The summed E-state index contributed by atoms with van der Waals surface area (Å²) < 4.78 is 10.4. The van der Waals surface area contributed by atoms with Gasteiger partial charge in [-0.05, 0) is 56.9 Å². The van der Waals surface area contributed by atoms with Crippen LogP contribution in [0.1, 0.15) is 65.6 Å². The number of aliphatic hydroxyl groups is 1. The molecule has 3 unspecified atom stereocenters. The molecule has 0 aliphatic carbocycles. The van der Waals surface area contributed by atoms with E-state index in [-0.39, 0.29) is 23.2 Å². The molecule has 1 aromatic rings. The minimum atomic E-state index is -0.387. The van der Waals surface area contributed by atoms with E-state index in [1.165, 1.54) is 19.8 Å². The van der Waals surface area contributed by atoms with Gasteiger partial charge in [-0.25, -0.2) is 0 Å². The summed E-state index contributed by atoms with van der Waals surface area (Å²) in [5.74, 6) is 1.62. The molecule has 0 aromatic carbocycles. The third kappa shape index (κ3) is 8.34. The van der Waals surface area contributed by atoms with Crippen LogP contribution in [0.5, 0.6) is 11.6 Å². The topological polar surface area (TPSA) is 71.5 Å². The summed E-state index contributed by atoms with van der Waals surface area (Å²) in [7, 11) is 2.98. The standard InChI is InChI=1S/C27H43NO4/c1-17(2)15-20(5)24(29)21(6)16-19(4)12-10-11-18(3)13-14-23-22(7)25(30)26(31-8)27(28-23)32-9/h10,12-13,15,17,19,21,24,29H,11,14,16H2,1-9H3,(H,28,30). The molecule has 180 valence electrons. The number of hydrogen-bond donors (Lipinski definition) is 2. The fourth-order valence-corrected chi connectivity index (χ4v) is 3.94. The molecule has 5 heteroatoms. The number of H-pyrrole nitrogens is 1. The Labute approximate surface area is 194 Å². The van der Waals surface area contributed by atoms with Crippen LogP contribution in [0.2, 0.25) is 0 Å². The van der Waals surface area contributed by atoms with E-state index in [1.54, 1.807) is 6.92 Å². The second-order valence-electron chi connectivity index (χ2n) is 9.30. The Bertz CT molecular complexity index is 876. The highest BCUT2D eigenvalue weighted by Gasteiger charge is 2.18. The van der Waals surface area contributed by atoms with E-state index in [2.05, 4.69) is 63.9 Å². The molecule has 0 aliphatic heterocycles. The number of aromatic nitrogens is 1. The lowest BCUT2D eigenvalue weighted by Gasteiger charge is -2.22. The first kappa shape index (κ1) is 27.8. The number of hydrogen-bond acceptors (Lipinski definition) is 4. The highest BCUT2D eigenvalue weighted by molar-refractivity contribution is 5.40. The van der Waals surface area contributed by atoms with Crippen LogP contribution < -0.4 is 14.9 Å². The van der Waals surface area contributed by atoms with Gasteiger partial charge in [0.1, 0.15) is 0 Å². The molecular weight excluding hydrogens is 402 g/mol. The Kier molecular flexibility index (Phi) is 11.6. The van der Waals surface area contributed by atoms with Gasteiger partial charge in [0, 0.05) is 17.7 Å². The number of aliphatic hydroxyl groups excluding tert-OH is 1. The summed E-state index contributed by atoms with van der Waals surface area (Å²) in [6.07, 6.45) is 10.7. The van der Waals surface area contributed by atoms with Crippen molar-refractivity contribution >= 4 is 0 Å². The van der Waals surface area contributed by atoms with Gasteiger partial charge in [-0.2, -0.15) is 0 Å². The third-order valence-electron chi connectivity index (χ3n) is 5.78. The summed E-state index contributed by atoms with van der Waals surface area (Å²) >= 11 is 0. The average molecular weight is 446 g/mol. The molecule has 1 heterocycles. The molecule has 0 radical (unpaired) electrons. The fourth-order valence-electron chi connectivity index (χ4n) is 3.94. The Balaban J connectivity index is 2.69. The van der Waals surface area contributed by atoms with E-state index in [1.807, 2.05) is 6.92 Å². The number of rotatable bonds is 12. The van der Waals surface area contributed by atoms with Gasteiger partial charge < -0.3 is 19.6 Å². The van der Waals surface area contributed by atoms with Crippen molar-refractivity contribution in [3.63, 3.8) is 0 Å². The monoisotopic (exact) mass is 445 g/mol. The summed E-state index contributed by atoms with van der Waals surface area (Å²) in [6, 6.07) is 0. The quantitative estimate of drug-likeness (QED) is 0.401. The lowest BCUT2D eigenvalue weighted by molar-refractivity contribution is 0.139. The van der Waals surface area contributed by atoms with Gasteiger partial charge in [-0.1, -0.05) is 57.6 Å². The SMILES string of the molecule is COc1[nH]c(CC=C(C)CC=CC(C)CC(C)C(O)C(C)=CC(C)C)c(C)c(=O)c1OC. The van der Waals surface area contributed by atoms with Gasteiger partial charge in [0.15, 0.2) is 0 Å². The van der Waals surface area contributed by atoms with E-state index in [4.69, 9.17) is 9.47 Å². The van der Waals surface area contributed by atoms with Crippen LogP contribution in [-0.2, 0) is 6.42 Å². The minimum Gasteiger partial charge on any atom is -0.488 e. The zero-order valence-electron chi connectivity index (χ0n) is 21.4. The van der Waals surface area contributed by atoms with Gasteiger partial charge in [0.05, 0.1) is 20.3 Å². The van der Waals surface area contributed by atoms with Crippen molar-refractivity contribution < 1.29 is 14.6 Å². The maximum absolute atomic E-state index is 12.4. The van der Waals surface area contributed by atoms with E-state index < -0.39 is 0 Å². The molecule has 2 N–H and O–H groups in total. The van der Waals surface area contributed by atoms with Crippen molar-refractivity contribution in [2.24, 2.45) is 17.8 Å². The van der Waals surface area contributed by atoms with Gasteiger partial charge in [-0.15, -0.1) is 0 Å². The van der Waals surface area contributed by atoms with Crippen LogP contribution in [0.15, 0.2) is 40.2 Å². The van der Waals surface area contributed by atoms with Crippen LogP contribution in [0, 0.1) is 24.7 Å². The van der Waals surface area contributed by atoms with Gasteiger partial charge >= 0.3 is 0 Å². The molecule has 3 atom stereocenters. The molecular formula is C27H43NO4. The predicted molar refractivity (Wildman–Crippen MR) is 134 cm³/mol. The van der Waals surface area contributed by atoms with Crippen LogP contribution in [-0.4, -0.2) is 30.4 Å². The molecule has 0 aliphatic rings. The van der Waals surface area contributed by atoms with Crippen LogP contribution in [0.25, 0.3) is 0 Å². The summed E-state index contributed by atoms with van der Waals surface area (Å²) in [6.45, 7) is 14.5. The largest absolute Gasteiger partial charge is 0.488 e. The van der Waals surface area contributed by atoms with Crippen molar-refractivity contribution in [1.29, 1.82) is 0 Å². The lowest BCUT2D eigenvalue weighted by Crippen LogP contribution is -2.21. The number of aromatic amines is 1. The second kappa shape index (κ2) is 13.3. The number of methoxy groups -OCH3 is 2. The molecule has 0 amide bonds. The van der Waals surface area contributed by atoms with Crippen molar-refractivity contribution in [3.8, 4) is 11.6 Å². The number of allylic oxidation sites excluding steroid dienone is 5. The molecule has 1 aromatic heterocycles. The first-order valence-electron chi connectivity index (χ1n) is 11.5. The minimum absolute atomic E-state index is 0.146. The number of ether oxygens (including phenoxy) is 2. The van der Waals surface area contributed by atoms with Gasteiger partial charge in [0.25, 0.3) is 0 Å². The number of pyridine rings is 1. The first-order valence-corrected chi connectivity index (χ1v) is 11.5. The maximum Gasteiger partial charge on any atom is 0.238 e. The second-order valence-corrected chi connectivity index (χ2v) is 9.30. The lowest BCUT2D eigenvalue weighted by atomic mass is 9.88. The van der Waals surface area contributed by atoms with Gasteiger partial charge in [-0.3, -0.25) is 4.79 Å². The maximum atomic E-state index is 12.4. The summed E-state index contributed by atoms with van der Waals surface area (Å²) in [4.78, 5) is 15.6. The average Bonchev–Trinajstić information content (AvgIpc) is 2.73. The molecule has 0 saturated heterocycles. The Hall–Kier alpha value is -2.27. The molecule has 1 rings (SSSR count). The van der Waals surface area contributed by atoms with E-state index in [9.17, 15) is 9.90 Å². The van der Waals surface area contributed by atoms with Gasteiger partial charge in [0.2, 0.25) is 17.1 Å². The van der Waals surface area contributed by atoms with Crippen LogP contribution in [0.3, 0.4) is 0 Å². The van der Waals surface area contributed by atoms with E-state index in [0.717, 1.165) is 24.1 Å². The summed E-state index contributed by atoms with van der Waals surface area (Å²) in [5, 5.41) is 10.5. The molecule has 0 bridgehead atoms. The van der Waals surface area contributed by atoms with Crippen molar-refractivity contribution in [1.82, 2.24) is 4.98 Å².